The quantitative estimate of drug-likeness (QED) is 0.185. The summed E-state index contributed by atoms with van der Waals surface area (Å²) in [5.41, 5.74) is 7.26. The number of aryl methyl sites for hydroxylation is 3. The maximum atomic E-state index is 10.5. The van der Waals surface area contributed by atoms with Crippen molar-refractivity contribution in [2.24, 2.45) is 12.0 Å². The van der Waals surface area contributed by atoms with Crippen molar-refractivity contribution < 1.29 is 10.2 Å². The third-order valence-electron chi connectivity index (χ3n) is 6.43. The predicted octanol–water partition coefficient (Wildman–Crippen LogP) is 6.10. The number of rotatable bonds is 5. The second-order valence-corrected chi connectivity index (χ2v) is 8.71. The lowest BCUT2D eigenvalue weighted by atomic mass is 10.0. The van der Waals surface area contributed by atoms with Crippen molar-refractivity contribution >= 4 is 41.6 Å². The van der Waals surface area contributed by atoms with Crippen molar-refractivity contribution in [2.75, 3.05) is 17.8 Å². The maximum absolute atomic E-state index is 10.5. The summed E-state index contributed by atoms with van der Waals surface area (Å²) in [6.45, 7) is 9.34. The Morgan fingerprint density at radius 1 is 1.12 bits per heavy atom. The molecule has 3 aromatic rings. The third-order valence-corrected chi connectivity index (χ3v) is 6.71. The summed E-state index contributed by atoms with van der Waals surface area (Å²) < 4.78 is 2.35. The second kappa shape index (κ2) is 10.8. The number of phenols is 2. The van der Waals surface area contributed by atoms with Gasteiger partial charge in [-0.1, -0.05) is 19.9 Å². The molecule has 0 bridgehead atoms. The van der Waals surface area contributed by atoms with Gasteiger partial charge in [0.25, 0.3) is 0 Å². The van der Waals surface area contributed by atoms with E-state index >= 15 is 0 Å². The highest BCUT2D eigenvalue weighted by Crippen LogP contribution is 2.38. The van der Waals surface area contributed by atoms with Crippen molar-refractivity contribution in [2.45, 2.75) is 45.4 Å². The fraction of sp³-hybridized carbons (Fsp3) is 0.370. The van der Waals surface area contributed by atoms with E-state index in [0.29, 0.717) is 23.6 Å². The van der Waals surface area contributed by atoms with Crippen molar-refractivity contribution in [1.82, 2.24) is 4.57 Å². The van der Waals surface area contributed by atoms with Crippen LogP contribution >= 0.6 is 12.6 Å². The largest absolute Gasteiger partial charge is 0.508 e. The van der Waals surface area contributed by atoms with Gasteiger partial charge in [0.15, 0.2) is 0 Å². The monoisotopic (exact) mass is 465 g/mol. The SMILES string of the molecule is C=C(c1cc(CC)c(O)cc1O)N(CS)c1ccc2c(c1)c1c(n2C)CCCCC1.C=NC. The Morgan fingerprint density at radius 2 is 1.82 bits per heavy atom. The van der Waals surface area contributed by atoms with Gasteiger partial charge in [-0.2, -0.15) is 12.6 Å². The molecule has 0 fully saturated rings. The van der Waals surface area contributed by atoms with E-state index in [2.05, 4.69) is 60.7 Å². The molecule has 4 rings (SSSR count). The van der Waals surface area contributed by atoms with Gasteiger partial charge in [-0.15, -0.1) is 0 Å². The molecule has 1 heterocycles. The molecule has 0 saturated heterocycles. The smallest absolute Gasteiger partial charge is 0.128 e. The topological polar surface area (TPSA) is 61.0 Å². The van der Waals surface area contributed by atoms with Crippen LogP contribution in [-0.4, -0.2) is 34.4 Å². The summed E-state index contributed by atoms with van der Waals surface area (Å²) >= 11 is 4.56. The molecule has 6 heteroatoms. The molecule has 0 aliphatic heterocycles. The first-order chi connectivity index (χ1) is 15.9. The molecule has 176 valence electrons. The lowest BCUT2D eigenvalue weighted by Gasteiger charge is -2.26. The van der Waals surface area contributed by atoms with Gasteiger partial charge in [-0.05, 0) is 74.2 Å². The van der Waals surface area contributed by atoms with Gasteiger partial charge in [0.1, 0.15) is 11.5 Å². The van der Waals surface area contributed by atoms with Gasteiger partial charge >= 0.3 is 0 Å². The first-order valence-electron chi connectivity index (χ1n) is 11.4. The van der Waals surface area contributed by atoms with E-state index in [-0.39, 0.29) is 11.5 Å². The molecule has 2 aromatic carbocycles. The molecular formula is C27H35N3O2S. The number of fused-ring (bicyclic) bond motifs is 3. The van der Waals surface area contributed by atoms with E-state index < -0.39 is 0 Å². The van der Waals surface area contributed by atoms with Gasteiger partial charge in [0, 0.05) is 53.7 Å². The molecular weight excluding hydrogens is 430 g/mol. The van der Waals surface area contributed by atoms with Crippen molar-refractivity contribution in [3.05, 3.63) is 59.3 Å². The molecule has 5 nitrogen and oxygen atoms in total. The molecule has 1 aliphatic carbocycles. The van der Waals surface area contributed by atoms with Crippen LogP contribution in [0.4, 0.5) is 5.69 Å². The molecule has 1 aliphatic rings. The maximum Gasteiger partial charge on any atom is 0.128 e. The fourth-order valence-electron chi connectivity index (χ4n) is 4.70. The highest BCUT2D eigenvalue weighted by atomic mass is 32.1. The number of aromatic hydroxyl groups is 2. The van der Waals surface area contributed by atoms with E-state index in [1.54, 1.807) is 7.05 Å². The van der Waals surface area contributed by atoms with Gasteiger partial charge in [-0.3, -0.25) is 0 Å². The Labute approximate surface area is 202 Å². The van der Waals surface area contributed by atoms with Gasteiger partial charge in [0.2, 0.25) is 0 Å². The van der Waals surface area contributed by atoms with Crippen LogP contribution in [-0.2, 0) is 26.3 Å². The zero-order chi connectivity index (χ0) is 24.1. The summed E-state index contributed by atoms with van der Waals surface area (Å²) in [6.07, 6.45) is 6.71. The Bertz CT molecular complexity index is 1170. The van der Waals surface area contributed by atoms with Crippen LogP contribution in [0.1, 0.15) is 48.6 Å². The minimum absolute atomic E-state index is 0.0242. The normalized spacial score (nSPS) is 13.0. The van der Waals surface area contributed by atoms with E-state index in [0.717, 1.165) is 24.1 Å². The molecule has 0 spiro atoms. The first kappa shape index (κ1) is 24.8. The Balaban J connectivity index is 0.000000968. The number of hydrogen-bond donors (Lipinski definition) is 3. The molecule has 1 aromatic heterocycles. The van der Waals surface area contributed by atoms with Crippen LogP contribution in [0, 0.1) is 0 Å². The van der Waals surface area contributed by atoms with Crippen molar-refractivity contribution in [3.8, 4) is 11.5 Å². The van der Waals surface area contributed by atoms with Gasteiger partial charge in [0.05, 0.1) is 5.88 Å². The molecule has 0 saturated carbocycles. The van der Waals surface area contributed by atoms with Crippen LogP contribution in [0.25, 0.3) is 16.6 Å². The summed E-state index contributed by atoms with van der Waals surface area (Å²) in [4.78, 5) is 5.25. The average Bonchev–Trinajstić information content (AvgIpc) is 2.95. The Kier molecular flexibility index (Phi) is 8.14. The number of aromatic nitrogens is 1. The number of hydrogen-bond acceptors (Lipinski definition) is 5. The molecule has 33 heavy (non-hydrogen) atoms. The van der Waals surface area contributed by atoms with E-state index in [1.807, 2.05) is 17.9 Å². The van der Waals surface area contributed by atoms with E-state index in [1.165, 1.54) is 47.5 Å². The van der Waals surface area contributed by atoms with Gasteiger partial charge in [-0.25, -0.2) is 0 Å². The van der Waals surface area contributed by atoms with Crippen LogP contribution in [0.3, 0.4) is 0 Å². The van der Waals surface area contributed by atoms with Crippen molar-refractivity contribution in [3.63, 3.8) is 0 Å². The van der Waals surface area contributed by atoms with Crippen LogP contribution in [0.15, 0.2) is 41.9 Å². The minimum Gasteiger partial charge on any atom is -0.508 e. The van der Waals surface area contributed by atoms with Gasteiger partial charge < -0.3 is 24.7 Å². The minimum atomic E-state index is 0.0242. The lowest BCUT2D eigenvalue weighted by Crippen LogP contribution is -2.19. The Morgan fingerprint density at radius 3 is 2.48 bits per heavy atom. The first-order valence-corrected chi connectivity index (χ1v) is 12.1. The lowest BCUT2D eigenvalue weighted by molar-refractivity contribution is 0.445. The predicted molar refractivity (Wildman–Crippen MR) is 144 cm³/mol. The number of aliphatic imine (C=N–C) groups is 1. The molecule has 2 N–H and O–H groups in total. The number of benzene rings is 2. The molecule has 0 atom stereocenters. The zero-order valence-corrected chi connectivity index (χ0v) is 20.8. The fourth-order valence-corrected chi connectivity index (χ4v) is 5.04. The van der Waals surface area contributed by atoms with E-state index in [4.69, 9.17) is 0 Å². The summed E-state index contributed by atoms with van der Waals surface area (Å²) in [5, 5.41) is 21.8. The third kappa shape index (κ3) is 4.91. The molecule has 0 unspecified atom stereocenters. The standard InChI is InChI=1S/C25H30N2O2S.C2H5N/c1-4-17-12-20(25(29)14-24(17)28)16(2)27(15-30)18-10-11-23-21(13-18)19-8-6-5-7-9-22(19)26(23)3;1-3-2/h10-14,28-30H,2,4-9,15H2,1,3H3;1H2,2H3. The highest BCUT2D eigenvalue weighted by Gasteiger charge is 2.20. The van der Waals surface area contributed by atoms with Crippen LogP contribution in [0.2, 0.25) is 0 Å². The van der Waals surface area contributed by atoms with E-state index in [9.17, 15) is 10.2 Å². The summed E-state index contributed by atoms with van der Waals surface area (Å²) in [6, 6.07) is 9.73. The average molecular weight is 466 g/mol. The highest BCUT2D eigenvalue weighted by molar-refractivity contribution is 7.80. The summed E-state index contributed by atoms with van der Waals surface area (Å²) in [5.74, 6) is 0.565. The summed E-state index contributed by atoms with van der Waals surface area (Å²) in [7, 11) is 3.81. The van der Waals surface area contributed by atoms with Crippen molar-refractivity contribution in [1.29, 1.82) is 0 Å². The number of phenolic OH excluding ortho intramolecular Hbond substituents is 2. The second-order valence-electron chi connectivity index (χ2n) is 8.43. The number of thiol groups is 1. The van der Waals surface area contributed by atoms with Crippen LogP contribution < -0.4 is 4.90 Å². The zero-order valence-electron chi connectivity index (χ0n) is 19.9. The molecule has 0 amide bonds. The molecule has 0 radical (unpaired) electrons. The number of anilines is 1. The Hall–Kier alpha value is -2.86. The van der Waals surface area contributed by atoms with Crippen LogP contribution in [0.5, 0.6) is 11.5 Å². The number of nitrogens with zero attached hydrogens (tertiary/aromatic N) is 3.